The van der Waals surface area contributed by atoms with Gasteiger partial charge < -0.3 is 16.2 Å². The van der Waals surface area contributed by atoms with Crippen LogP contribution in [0.5, 0.6) is 0 Å². The van der Waals surface area contributed by atoms with Crippen molar-refractivity contribution in [3.05, 3.63) is 0 Å². The van der Waals surface area contributed by atoms with Gasteiger partial charge >= 0.3 is 5.97 Å². The molecular weight excluding hydrogens is 256 g/mol. The van der Waals surface area contributed by atoms with Crippen LogP contribution in [0.2, 0.25) is 0 Å². The number of aliphatic carboxylic acids is 1. The SMILES string of the molecule is CC1CCC(CNC(=O)C(C)CCCN)(C(=O)O)CC1. The first-order valence-corrected chi connectivity index (χ1v) is 7.62. The van der Waals surface area contributed by atoms with E-state index < -0.39 is 11.4 Å². The molecular formula is C15H28N2O3. The summed E-state index contributed by atoms with van der Waals surface area (Å²) in [4.78, 5) is 23.5. The van der Waals surface area contributed by atoms with Crippen LogP contribution in [0.25, 0.3) is 0 Å². The molecule has 1 rings (SSSR count). The van der Waals surface area contributed by atoms with E-state index in [0.29, 0.717) is 25.3 Å². The van der Waals surface area contributed by atoms with Gasteiger partial charge in [-0.3, -0.25) is 9.59 Å². The van der Waals surface area contributed by atoms with Crippen LogP contribution in [0.4, 0.5) is 0 Å². The summed E-state index contributed by atoms with van der Waals surface area (Å²) in [6.45, 7) is 4.84. The predicted molar refractivity (Wildman–Crippen MR) is 78.2 cm³/mol. The van der Waals surface area contributed by atoms with Gasteiger partial charge in [0.2, 0.25) is 5.91 Å². The summed E-state index contributed by atoms with van der Waals surface area (Å²) in [5.41, 5.74) is 4.66. The Labute approximate surface area is 121 Å². The normalized spacial score (nSPS) is 27.9. The molecule has 1 aliphatic rings. The highest BCUT2D eigenvalue weighted by Gasteiger charge is 2.41. The average Bonchev–Trinajstić information content (AvgIpc) is 2.43. The van der Waals surface area contributed by atoms with Gasteiger partial charge in [0, 0.05) is 12.5 Å². The van der Waals surface area contributed by atoms with Crippen molar-refractivity contribution in [1.82, 2.24) is 5.32 Å². The minimum Gasteiger partial charge on any atom is -0.481 e. The molecule has 1 unspecified atom stereocenters. The molecule has 4 N–H and O–H groups in total. The number of carboxylic acid groups (broad SMARTS) is 1. The van der Waals surface area contributed by atoms with Crippen molar-refractivity contribution in [2.75, 3.05) is 13.1 Å². The molecule has 0 spiro atoms. The number of nitrogens with one attached hydrogen (secondary N) is 1. The van der Waals surface area contributed by atoms with E-state index in [0.717, 1.165) is 25.7 Å². The van der Waals surface area contributed by atoms with Gasteiger partial charge in [0.05, 0.1) is 5.41 Å². The lowest BCUT2D eigenvalue weighted by Crippen LogP contribution is -2.46. The summed E-state index contributed by atoms with van der Waals surface area (Å²) in [7, 11) is 0. The van der Waals surface area contributed by atoms with E-state index >= 15 is 0 Å². The lowest BCUT2D eigenvalue weighted by Gasteiger charge is -2.36. The number of hydrogen-bond donors (Lipinski definition) is 3. The van der Waals surface area contributed by atoms with Crippen LogP contribution in [0.15, 0.2) is 0 Å². The highest BCUT2D eigenvalue weighted by molar-refractivity contribution is 5.80. The molecule has 0 bridgehead atoms. The van der Waals surface area contributed by atoms with Crippen LogP contribution in [0, 0.1) is 17.3 Å². The third-order valence-electron chi connectivity index (χ3n) is 4.57. The van der Waals surface area contributed by atoms with E-state index in [1.54, 1.807) is 0 Å². The first-order chi connectivity index (χ1) is 9.41. The Balaban J connectivity index is 2.51. The quantitative estimate of drug-likeness (QED) is 0.664. The average molecular weight is 284 g/mol. The van der Waals surface area contributed by atoms with Crippen molar-refractivity contribution in [2.45, 2.75) is 52.4 Å². The van der Waals surface area contributed by atoms with Crippen molar-refractivity contribution in [1.29, 1.82) is 0 Å². The zero-order valence-corrected chi connectivity index (χ0v) is 12.7. The molecule has 1 aliphatic carbocycles. The number of carbonyl (C=O) groups is 2. The molecule has 0 radical (unpaired) electrons. The van der Waals surface area contributed by atoms with Crippen LogP contribution < -0.4 is 11.1 Å². The van der Waals surface area contributed by atoms with E-state index in [9.17, 15) is 14.7 Å². The van der Waals surface area contributed by atoms with Crippen LogP contribution >= 0.6 is 0 Å². The van der Waals surface area contributed by atoms with Gasteiger partial charge in [0.15, 0.2) is 0 Å². The summed E-state index contributed by atoms with van der Waals surface area (Å²) in [6, 6.07) is 0. The molecule has 1 amide bonds. The number of carboxylic acids is 1. The van der Waals surface area contributed by atoms with E-state index in [4.69, 9.17) is 5.73 Å². The summed E-state index contributed by atoms with van der Waals surface area (Å²) in [6.07, 6.45) is 4.72. The van der Waals surface area contributed by atoms with Gasteiger partial charge in [-0.1, -0.05) is 13.8 Å². The van der Waals surface area contributed by atoms with Crippen LogP contribution in [0.3, 0.4) is 0 Å². The van der Waals surface area contributed by atoms with Crippen LogP contribution in [-0.4, -0.2) is 30.1 Å². The van der Waals surface area contributed by atoms with Gasteiger partial charge in [-0.2, -0.15) is 0 Å². The largest absolute Gasteiger partial charge is 0.481 e. The Morgan fingerprint density at radius 1 is 1.40 bits per heavy atom. The summed E-state index contributed by atoms with van der Waals surface area (Å²) < 4.78 is 0. The molecule has 1 fully saturated rings. The van der Waals surface area contributed by atoms with E-state index in [-0.39, 0.29) is 18.4 Å². The predicted octanol–water partition coefficient (Wildman–Crippen LogP) is 1.76. The molecule has 0 aromatic heterocycles. The Hall–Kier alpha value is -1.10. The van der Waals surface area contributed by atoms with Crippen LogP contribution in [0.1, 0.15) is 52.4 Å². The highest BCUT2D eigenvalue weighted by Crippen LogP contribution is 2.38. The second kappa shape index (κ2) is 7.62. The van der Waals surface area contributed by atoms with Gasteiger partial charge in [0.1, 0.15) is 0 Å². The van der Waals surface area contributed by atoms with E-state index in [1.807, 2.05) is 6.92 Å². The maximum Gasteiger partial charge on any atom is 0.311 e. The van der Waals surface area contributed by atoms with E-state index in [2.05, 4.69) is 12.2 Å². The minimum atomic E-state index is -0.778. The molecule has 0 heterocycles. The standard InChI is InChI=1S/C15H28N2O3/c1-11-5-7-15(8-6-11,14(19)20)10-17-13(18)12(2)4-3-9-16/h11-12H,3-10,16H2,1-2H3,(H,17,18)(H,19,20). The lowest BCUT2D eigenvalue weighted by atomic mass is 9.70. The summed E-state index contributed by atoms with van der Waals surface area (Å²) >= 11 is 0. The van der Waals surface area contributed by atoms with Crippen LogP contribution in [-0.2, 0) is 9.59 Å². The van der Waals surface area contributed by atoms with Gasteiger partial charge in [0.25, 0.3) is 0 Å². The molecule has 5 heteroatoms. The second-order valence-corrected chi connectivity index (χ2v) is 6.32. The van der Waals surface area contributed by atoms with Crippen molar-refractivity contribution in [2.24, 2.45) is 23.0 Å². The zero-order chi connectivity index (χ0) is 15.2. The number of rotatable bonds is 7. The summed E-state index contributed by atoms with van der Waals surface area (Å²) in [5, 5.41) is 12.3. The minimum absolute atomic E-state index is 0.0577. The number of amides is 1. The van der Waals surface area contributed by atoms with Crippen molar-refractivity contribution >= 4 is 11.9 Å². The molecule has 116 valence electrons. The number of hydrogen-bond acceptors (Lipinski definition) is 3. The fourth-order valence-electron chi connectivity index (χ4n) is 2.77. The maximum absolute atomic E-state index is 12.0. The zero-order valence-electron chi connectivity index (χ0n) is 12.7. The monoisotopic (exact) mass is 284 g/mol. The van der Waals surface area contributed by atoms with E-state index in [1.165, 1.54) is 0 Å². The fourth-order valence-corrected chi connectivity index (χ4v) is 2.77. The molecule has 20 heavy (non-hydrogen) atoms. The van der Waals surface area contributed by atoms with Gasteiger partial charge in [-0.15, -0.1) is 0 Å². The third kappa shape index (κ3) is 4.47. The van der Waals surface area contributed by atoms with Crippen molar-refractivity contribution < 1.29 is 14.7 Å². The topological polar surface area (TPSA) is 92.4 Å². The molecule has 1 saturated carbocycles. The molecule has 5 nitrogen and oxygen atoms in total. The maximum atomic E-state index is 12.0. The Bertz CT molecular complexity index is 336. The Kier molecular flexibility index (Phi) is 6.46. The third-order valence-corrected chi connectivity index (χ3v) is 4.57. The number of carbonyl (C=O) groups excluding carboxylic acids is 1. The molecule has 0 aliphatic heterocycles. The first kappa shape index (κ1) is 17.0. The molecule has 0 aromatic rings. The summed E-state index contributed by atoms with van der Waals surface area (Å²) in [5.74, 6) is -0.356. The smallest absolute Gasteiger partial charge is 0.311 e. The van der Waals surface area contributed by atoms with Gasteiger partial charge in [-0.25, -0.2) is 0 Å². The Morgan fingerprint density at radius 2 is 2.00 bits per heavy atom. The Morgan fingerprint density at radius 3 is 2.50 bits per heavy atom. The lowest BCUT2D eigenvalue weighted by molar-refractivity contribution is -0.151. The van der Waals surface area contributed by atoms with Crippen molar-refractivity contribution in [3.8, 4) is 0 Å². The molecule has 0 aromatic carbocycles. The second-order valence-electron chi connectivity index (χ2n) is 6.32. The van der Waals surface area contributed by atoms with Gasteiger partial charge in [-0.05, 0) is 51.0 Å². The fraction of sp³-hybridized carbons (Fsp3) is 0.867. The molecule has 1 atom stereocenters. The molecule has 0 saturated heterocycles. The first-order valence-electron chi connectivity index (χ1n) is 7.62. The number of nitrogens with two attached hydrogens (primary N) is 1. The highest BCUT2D eigenvalue weighted by atomic mass is 16.4. The van der Waals surface area contributed by atoms with Crippen molar-refractivity contribution in [3.63, 3.8) is 0 Å².